The molecule has 0 N–H and O–H groups in total. The van der Waals surface area contributed by atoms with Crippen molar-refractivity contribution in [3.63, 3.8) is 0 Å². The Balaban J connectivity index is 1.83. The third-order valence-corrected chi connectivity index (χ3v) is 4.29. The van der Waals surface area contributed by atoms with Gasteiger partial charge in [0, 0.05) is 17.5 Å². The molecule has 0 bridgehead atoms. The molecular weight excluding hydrogens is 331 g/mol. The smallest absolute Gasteiger partial charge is 0.306 e. The molecule has 0 aliphatic rings. The van der Waals surface area contributed by atoms with Gasteiger partial charge in [0.15, 0.2) is 18.3 Å². The summed E-state index contributed by atoms with van der Waals surface area (Å²) in [6.07, 6.45) is 0.148. The number of rotatable bonds is 7. The number of ketones is 1. The standard InChI is InChI=1S/C17H15FN2O3S/c1-11-10-24-17(20-11)13(8-19)15(21)9-23-16(22)7-6-12-4-2-3-5-14(12)18/h2-5,10,13H,6-7,9H2,1H3/t13-/m0/s1. The molecule has 0 aliphatic heterocycles. The van der Waals surface area contributed by atoms with Gasteiger partial charge in [-0.2, -0.15) is 5.26 Å². The molecule has 124 valence electrons. The average molecular weight is 346 g/mol. The summed E-state index contributed by atoms with van der Waals surface area (Å²) in [5, 5.41) is 11.3. The molecular formula is C17H15FN2O3S. The first-order valence-electron chi connectivity index (χ1n) is 7.24. The Morgan fingerprint density at radius 2 is 2.17 bits per heavy atom. The van der Waals surface area contributed by atoms with Gasteiger partial charge < -0.3 is 4.74 Å². The molecule has 0 aliphatic carbocycles. The number of carbonyl (C=O) groups is 2. The largest absolute Gasteiger partial charge is 0.458 e. The first kappa shape index (κ1) is 17.8. The van der Waals surface area contributed by atoms with Crippen LogP contribution in [0.15, 0.2) is 29.6 Å². The van der Waals surface area contributed by atoms with Crippen LogP contribution in [0, 0.1) is 24.1 Å². The number of hydrogen-bond acceptors (Lipinski definition) is 6. The van der Waals surface area contributed by atoms with Gasteiger partial charge in [-0.3, -0.25) is 9.59 Å². The zero-order chi connectivity index (χ0) is 17.5. The highest BCUT2D eigenvalue weighted by atomic mass is 32.1. The summed E-state index contributed by atoms with van der Waals surface area (Å²) in [4.78, 5) is 27.8. The van der Waals surface area contributed by atoms with Gasteiger partial charge in [-0.1, -0.05) is 18.2 Å². The van der Waals surface area contributed by atoms with Gasteiger partial charge in [-0.25, -0.2) is 9.37 Å². The number of ether oxygens (including phenoxy) is 1. The number of benzene rings is 1. The highest BCUT2D eigenvalue weighted by Gasteiger charge is 2.24. The number of halogens is 1. The Morgan fingerprint density at radius 3 is 2.79 bits per heavy atom. The van der Waals surface area contributed by atoms with E-state index in [4.69, 9.17) is 10.00 Å². The van der Waals surface area contributed by atoms with Gasteiger partial charge in [0.1, 0.15) is 10.8 Å². The molecule has 0 radical (unpaired) electrons. The second-order valence-corrected chi connectivity index (χ2v) is 6.00. The van der Waals surface area contributed by atoms with Crippen molar-refractivity contribution < 1.29 is 18.7 Å². The Labute approximate surface area is 142 Å². The van der Waals surface area contributed by atoms with Crippen LogP contribution in [0.25, 0.3) is 0 Å². The van der Waals surface area contributed by atoms with Gasteiger partial charge in [0.25, 0.3) is 0 Å². The lowest BCUT2D eigenvalue weighted by Gasteiger charge is -2.07. The van der Waals surface area contributed by atoms with Crippen LogP contribution in [-0.2, 0) is 20.7 Å². The van der Waals surface area contributed by atoms with Crippen LogP contribution >= 0.6 is 11.3 Å². The van der Waals surface area contributed by atoms with Crippen molar-refractivity contribution in [3.05, 3.63) is 51.7 Å². The fraction of sp³-hybridized carbons (Fsp3) is 0.294. The number of nitrogens with zero attached hydrogens (tertiary/aromatic N) is 2. The molecule has 0 unspecified atom stereocenters. The molecule has 0 amide bonds. The number of esters is 1. The molecule has 5 nitrogen and oxygen atoms in total. The zero-order valence-corrected chi connectivity index (χ0v) is 13.8. The number of thiazole rings is 1. The number of aromatic nitrogens is 1. The molecule has 2 aromatic rings. The quantitative estimate of drug-likeness (QED) is 0.720. The topological polar surface area (TPSA) is 80.0 Å². The number of hydrogen-bond donors (Lipinski definition) is 0. The van der Waals surface area contributed by atoms with Crippen LogP contribution < -0.4 is 0 Å². The molecule has 0 fully saturated rings. The summed E-state index contributed by atoms with van der Waals surface area (Å²) in [6, 6.07) is 8.03. The monoisotopic (exact) mass is 346 g/mol. The lowest BCUT2D eigenvalue weighted by molar-refractivity contribution is -0.148. The van der Waals surface area contributed by atoms with Gasteiger partial charge in [0.05, 0.1) is 6.07 Å². The van der Waals surface area contributed by atoms with Crippen molar-refractivity contribution in [2.45, 2.75) is 25.7 Å². The van der Waals surface area contributed by atoms with E-state index in [-0.39, 0.29) is 18.7 Å². The van der Waals surface area contributed by atoms with E-state index in [1.165, 1.54) is 17.4 Å². The maximum Gasteiger partial charge on any atom is 0.306 e. The molecule has 1 aromatic carbocycles. The van der Waals surface area contributed by atoms with Gasteiger partial charge in [-0.15, -0.1) is 11.3 Å². The zero-order valence-electron chi connectivity index (χ0n) is 13.0. The fourth-order valence-corrected chi connectivity index (χ4v) is 2.88. The summed E-state index contributed by atoms with van der Waals surface area (Å²) >= 11 is 1.22. The van der Waals surface area contributed by atoms with E-state index >= 15 is 0 Å². The fourth-order valence-electron chi connectivity index (χ4n) is 2.01. The SMILES string of the molecule is Cc1csc([C@@H](C#N)C(=O)COC(=O)CCc2ccccc2F)n1. The Morgan fingerprint density at radius 1 is 1.42 bits per heavy atom. The highest BCUT2D eigenvalue weighted by Crippen LogP contribution is 2.20. The Bertz CT molecular complexity index is 782. The van der Waals surface area contributed by atoms with E-state index in [1.54, 1.807) is 30.5 Å². The summed E-state index contributed by atoms with van der Waals surface area (Å²) in [6.45, 7) is 1.27. The minimum atomic E-state index is -1.04. The van der Waals surface area contributed by atoms with Crippen molar-refractivity contribution in [1.82, 2.24) is 4.98 Å². The lowest BCUT2D eigenvalue weighted by atomic mass is 10.1. The molecule has 1 heterocycles. The van der Waals surface area contributed by atoms with Gasteiger partial charge in [0.2, 0.25) is 0 Å². The van der Waals surface area contributed by atoms with E-state index in [9.17, 15) is 14.0 Å². The van der Waals surface area contributed by atoms with Crippen molar-refractivity contribution in [2.24, 2.45) is 0 Å². The van der Waals surface area contributed by atoms with Crippen LogP contribution in [0.1, 0.15) is 28.6 Å². The molecule has 24 heavy (non-hydrogen) atoms. The van der Waals surface area contributed by atoms with Gasteiger partial charge >= 0.3 is 5.97 Å². The molecule has 7 heteroatoms. The minimum absolute atomic E-state index is 0.0399. The van der Waals surface area contributed by atoms with E-state index in [2.05, 4.69) is 4.98 Å². The summed E-state index contributed by atoms with van der Waals surface area (Å²) in [5.74, 6) is -2.56. The Hall–Kier alpha value is -2.59. The van der Waals surface area contributed by atoms with Crippen molar-refractivity contribution in [1.29, 1.82) is 5.26 Å². The maximum atomic E-state index is 13.4. The van der Waals surface area contributed by atoms with Crippen LogP contribution in [0.3, 0.4) is 0 Å². The molecule has 1 aromatic heterocycles. The molecule has 0 spiro atoms. The second kappa shape index (κ2) is 8.31. The number of carbonyl (C=O) groups excluding carboxylic acids is 2. The summed E-state index contributed by atoms with van der Waals surface area (Å²) in [5.41, 5.74) is 1.14. The molecule has 0 saturated heterocycles. The summed E-state index contributed by atoms with van der Waals surface area (Å²) in [7, 11) is 0. The predicted molar refractivity (Wildman–Crippen MR) is 85.9 cm³/mol. The van der Waals surface area contributed by atoms with Crippen molar-refractivity contribution in [2.75, 3.05) is 6.61 Å². The molecule has 1 atom stereocenters. The van der Waals surface area contributed by atoms with Crippen molar-refractivity contribution in [3.8, 4) is 6.07 Å². The van der Waals surface area contributed by atoms with Gasteiger partial charge in [-0.05, 0) is 25.0 Å². The van der Waals surface area contributed by atoms with E-state index in [0.29, 0.717) is 10.6 Å². The van der Waals surface area contributed by atoms with E-state index in [0.717, 1.165) is 5.69 Å². The summed E-state index contributed by atoms with van der Waals surface area (Å²) < 4.78 is 18.3. The average Bonchev–Trinajstić information content (AvgIpc) is 2.99. The number of Topliss-reactive ketones (excluding diaryl/α,β-unsaturated/α-hetero) is 1. The third kappa shape index (κ3) is 4.70. The molecule has 0 saturated carbocycles. The van der Waals surface area contributed by atoms with Crippen LogP contribution in [0.5, 0.6) is 0 Å². The van der Waals surface area contributed by atoms with Crippen LogP contribution in [0.2, 0.25) is 0 Å². The minimum Gasteiger partial charge on any atom is -0.458 e. The first-order valence-corrected chi connectivity index (χ1v) is 8.12. The van der Waals surface area contributed by atoms with Crippen molar-refractivity contribution >= 4 is 23.1 Å². The second-order valence-electron chi connectivity index (χ2n) is 5.11. The van der Waals surface area contributed by atoms with Crippen LogP contribution in [-0.4, -0.2) is 23.3 Å². The van der Waals surface area contributed by atoms with E-state index in [1.807, 2.05) is 6.07 Å². The highest BCUT2D eigenvalue weighted by molar-refractivity contribution is 7.09. The van der Waals surface area contributed by atoms with Crippen LogP contribution in [0.4, 0.5) is 4.39 Å². The third-order valence-electron chi connectivity index (χ3n) is 3.27. The normalized spacial score (nSPS) is 11.5. The maximum absolute atomic E-state index is 13.4. The first-order chi connectivity index (χ1) is 11.5. The lowest BCUT2D eigenvalue weighted by Crippen LogP contribution is -2.20. The predicted octanol–water partition coefficient (Wildman–Crippen LogP) is 2.94. The Kier molecular flexibility index (Phi) is 6.15. The number of nitriles is 1. The number of aryl methyl sites for hydroxylation is 2. The molecule has 2 rings (SSSR count). The van der Waals surface area contributed by atoms with E-state index < -0.39 is 24.3 Å².